The second-order valence-corrected chi connectivity index (χ2v) is 6.16. The van der Waals surface area contributed by atoms with E-state index in [2.05, 4.69) is 10.6 Å². The van der Waals surface area contributed by atoms with Crippen LogP contribution < -0.4 is 15.4 Å². The maximum absolute atomic E-state index is 11.5. The van der Waals surface area contributed by atoms with E-state index in [0.717, 1.165) is 16.9 Å². The number of hydrogen-bond acceptors (Lipinski definition) is 4. The summed E-state index contributed by atoms with van der Waals surface area (Å²) in [5.41, 5.74) is 2.54. The topological polar surface area (TPSA) is 70.6 Å². The van der Waals surface area contributed by atoms with E-state index in [0.29, 0.717) is 18.7 Å². The number of hydrogen-bond donors (Lipinski definition) is 3. The molecule has 3 N–H and O–H groups in total. The van der Waals surface area contributed by atoms with Gasteiger partial charge >= 0.3 is 0 Å². The van der Waals surface area contributed by atoms with E-state index in [-0.39, 0.29) is 12.0 Å². The Bertz CT molecular complexity index is 666. The van der Waals surface area contributed by atoms with Gasteiger partial charge in [0.1, 0.15) is 5.75 Å². The highest BCUT2D eigenvalue weighted by atomic mass is 16.5. The fraction of sp³-hybridized carbons (Fsp3) is 0.350. The first-order valence-corrected chi connectivity index (χ1v) is 8.46. The van der Waals surface area contributed by atoms with E-state index in [4.69, 9.17) is 4.74 Å². The number of ether oxygens (including phenoxy) is 1. The van der Waals surface area contributed by atoms with Crippen molar-refractivity contribution in [3.05, 3.63) is 65.2 Å². The van der Waals surface area contributed by atoms with Gasteiger partial charge in [-0.25, -0.2) is 0 Å². The molecular weight excluding hydrogens is 316 g/mol. The second-order valence-electron chi connectivity index (χ2n) is 6.16. The summed E-state index contributed by atoms with van der Waals surface area (Å²) in [6.45, 7) is 5.03. The molecule has 0 aliphatic rings. The zero-order chi connectivity index (χ0) is 18.2. The van der Waals surface area contributed by atoms with Gasteiger partial charge in [-0.3, -0.25) is 4.79 Å². The molecule has 1 unspecified atom stereocenters. The number of nitrogens with one attached hydrogen (secondary N) is 2. The molecule has 0 aromatic heterocycles. The molecule has 1 amide bonds. The minimum absolute atomic E-state index is 0.0974. The van der Waals surface area contributed by atoms with Gasteiger partial charge in [-0.1, -0.05) is 24.3 Å². The third-order valence-electron chi connectivity index (χ3n) is 3.75. The molecule has 2 rings (SSSR count). The molecule has 2 aromatic carbocycles. The van der Waals surface area contributed by atoms with Crippen molar-refractivity contribution in [1.29, 1.82) is 0 Å². The van der Waals surface area contributed by atoms with E-state index < -0.39 is 6.10 Å². The van der Waals surface area contributed by atoms with Crippen molar-refractivity contribution < 1.29 is 14.6 Å². The van der Waals surface area contributed by atoms with Crippen LogP contribution in [0.2, 0.25) is 0 Å². The molecule has 0 saturated carbocycles. The number of rotatable bonds is 8. The Labute approximate surface area is 149 Å². The van der Waals surface area contributed by atoms with Gasteiger partial charge < -0.3 is 20.5 Å². The molecule has 134 valence electrons. The number of benzene rings is 2. The summed E-state index contributed by atoms with van der Waals surface area (Å²) in [5.74, 6) is 0.704. The highest BCUT2D eigenvalue weighted by Crippen LogP contribution is 2.18. The molecule has 0 fully saturated rings. The molecule has 0 saturated heterocycles. The first-order chi connectivity index (χ1) is 12.0. The molecule has 0 bridgehead atoms. The average molecular weight is 342 g/mol. The van der Waals surface area contributed by atoms with Crippen molar-refractivity contribution in [1.82, 2.24) is 10.6 Å². The zero-order valence-corrected chi connectivity index (χ0v) is 15.0. The van der Waals surface area contributed by atoms with Crippen LogP contribution in [0.15, 0.2) is 48.5 Å². The molecule has 0 aliphatic heterocycles. The van der Waals surface area contributed by atoms with Gasteiger partial charge in [0.25, 0.3) is 5.91 Å². The highest BCUT2D eigenvalue weighted by molar-refractivity contribution is 5.93. The number of amides is 1. The van der Waals surface area contributed by atoms with Crippen LogP contribution in [0, 0.1) is 0 Å². The Morgan fingerprint density at radius 1 is 1.08 bits per heavy atom. The van der Waals surface area contributed by atoms with Gasteiger partial charge in [-0.05, 0) is 49.2 Å². The summed E-state index contributed by atoms with van der Waals surface area (Å²) >= 11 is 0. The molecule has 5 nitrogen and oxygen atoms in total. The summed E-state index contributed by atoms with van der Waals surface area (Å²) in [7, 11) is 1.61. The van der Waals surface area contributed by atoms with Crippen molar-refractivity contribution >= 4 is 5.91 Å². The van der Waals surface area contributed by atoms with Crippen molar-refractivity contribution in [2.75, 3.05) is 13.6 Å². The summed E-state index contributed by atoms with van der Waals surface area (Å²) in [5, 5.41) is 16.1. The first-order valence-electron chi connectivity index (χ1n) is 8.46. The fourth-order valence-electron chi connectivity index (χ4n) is 2.43. The Morgan fingerprint density at radius 3 is 2.28 bits per heavy atom. The number of aliphatic hydroxyl groups is 1. The zero-order valence-electron chi connectivity index (χ0n) is 15.0. The Hall–Kier alpha value is -2.37. The minimum atomic E-state index is -0.585. The Morgan fingerprint density at radius 2 is 1.72 bits per heavy atom. The number of carbonyl (C=O) groups excluding carboxylic acids is 1. The smallest absolute Gasteiger partial charge is 0.251 e. The van der Waals surface area contributed by atoms with Crippen LogP contribution in [0.25, 0.3) is 0 Å². The Kier molecular flexibility index (Phi) is 6.98. The quantitative estimate of drug-likeness (QED) is 0.690. The van der Waals surface area contributed by atoms with Crippen molar-refractivity contribution in [3.63, 3.8) is 0 Å². The van der Waals surface area contributed by atoms with Crippen LogP contribution in [-0.2, 0) is 6.54 Å². The lowest BCUT2D eigenvalue weighted by Gasteiger charge is -2.14. The minimum Gasteiger partial charge on any atom is -0.491 e. The maximum Gasteiger partial charge on any atom is 0.251 e. The van der Waals surface area contributed by atoms with Crippen LogP contribution in [0.4, 0.5) is 0 Å². The van der Waals surface area contributed by atoms with Crippen LogP contribution in [0.5, 0.6) is 5.75 Å². The van der Waals surface area contributed by atoms with Gasteiger partial charge in [-0.2, -0.15) is 0 Å². The van der Waals surface area contributed by atoms with E-state index in [1.54, 1.807) is 19.2 Å². The summed E-state index contributed by atoms with van der Waals surface area (Å²) in [6, 6.07) is 14.9. The summed E-state index contributed by atoms with van der Waals surface area (Å²) in [6.07, 6.45) is -0.453. The van der Waals surface area contributed by atoms with Crippen LogP contribution >= 0.6 is 0 Å². The summed E-state index contributed by atoms with van der Waals surface area (Å²) in [4.78, 5) is 11.5. The van der Waals surface area contributed by atoms with Crippen LogP contribution in [-0.4, -0.2) is 30.7 Å². The molecule has 0 aliphatic carbocycles. The number of carbonyl (C=O) groups is 1. The predicted molar refractivity (Wildman–Crippen MR) is 98.7 cm³/mol. The third-order valence-corrected chi connectivity index (χ3v) is 3.75. The average Bonchev–Trinajstić information content (AvgIpc) is 2.61. The van der Waals surface area contributed by atoms with Gasteiger partial charge in [0, 0.05) is 25.7 Å². The molecule has 2 aromatic rings. The third kappa shape index (κ3) is 5.89. The van der Waals surface area contributed by atoms with E-state index in [9.17, 15) is 9.90 Å². The second kappa shape index (κ2) is 9.20. The first kappa shape index (κ1) is 19.0. The monoisotopic (exact) mass is 342 g/mol. The van der Waals surface area contributed by atoms with Crippen LogP contribution in [0.1, 0.15) is 41.4 Å². The molecule has 25 heavy (non-hydrogen) atoms. The molecule has 0 spiro atoms. The normalized spacial score (nSPS) is 12.0. The Balaban J connectivity index is 1.81. The molecule has 0 heterocycles. The lowest BCUT2D eigenvalue weighted by atomic mass is 10.1. The van der Waals surface area contributed by atoms with Gasteiger partial charge in [0.2, 0.25) is 0 Å². The lowest BCUT2D eigenvalue weighted by molar-refractivity contribution is 0.0963. The van der Waals surface area contributed by atoms with Crippen molar-refractivity contribution in [3.8, 4) is 5.75 Å². The van der Waals surface area contributed by atoms with Crippen molar-refractivity contribution in [2.24, 2.45) is 0 Å². The predicted octanol–water partition coefficient (Wildman–Crippen LogP) is 2.66. The lowest BCUT2D eigenvalue weighted by Crippen LogP contribution is -2.21. The van der Waals surface area contributed by atoms with Gasteiger partial charge in [-0.15, -0.1) is 0 Å². The largest absolute Gasteiger partial charge is 0.491 e. The summed E-state index contributed by atoms with van der Waals surface area (Å²) < 4.78 is 5.60. The van der Waals surface area contributed by atoms with Crippen molar-refractivity contribution in [2.45, 2.75) is 32.6 Å². The number of aliphatic hydroxyl groups excluding tert-OH is 1. The molecule has 1 atom stereocenters. The van der Waals surface area contributed by atoms with E-state index in [1.807, 2.05) is 50.2 Å². The van der Waals surface area contributed by atoms with E-state index in [1.165, 1.54) is 0 Å². The van der Waals surface area contributed by atoms with E-state index >= 15 is 0 Å². The van der Waals surface area contributed by atoms with Crippen LogP contribution in [0.3, 0.4) is 0 Å². The molecule has 5 heteroatoms. The fourth-order valence-corrected chi connectivity index (χ4v) is 2.43. The molecule has 0 radical (unpaired) electrons. The highest BCUT2D eigenvalue weighted by Gasteiger charge is 2.08. The standard InChI is InChI=1S/C20H26N2O3/c1-14(2)25-18-10-8-16(9-11-18)19(23)13-22-12-15-4-6-17(7-5-15)20(24)21-3/h4-11,14,19,22-23H,12-13H2,1-3H3,(H,21,24). The SMILES string of the molecule is CNC(=O)c1ccc(CNCC(O)c2ccc(OC(C)C)cc2)cc1. The molecular formula is C20H26N2O3. The maximum atomic E-state index is 11.5. The van der Waals surface area contributed by atoms with Gasteiger partial charge in [0.05, 0.1) is 12.2 Å². The van der Waals surface area contributed by atoms with Gasteiger partial charge in [0.15, 0.2) is 0 Å².